The van der Waals surface area contributed by atoms with E-state index in [0.29, 0.717) is 0 Å². The van der Waals surface area contributed by atoms with Crippen LogP contribution in [0.3, 0.4) is 0 Å². The van der Waals surface area contributed by atoms with Gasteiger partial charge in [-0.3, -0.25) is 5.32 Å². The minimum atomic E-state index is -0.453. The molecule has 0 unspecified atom stereocenters. The predicted molar refractivity (Wildman–Crippen MR) is 72.7 cm³/mol. The zero-order chi connectivity index (χ0) is 13.5. The Bertz CT molecular complexity index is 493. The molecule has 0 radical (unpaired) electrons. The predicted octanol–water partition coefficient (Wildman–Crippen LogP) is 2.02. The SMILES string of the molecule is CN(C)N1CCC2(CC1)OC(=O)Nc1ccccc12. The Kier molecular flexibility index (Phi) is 2.95. The number of nitrogens with one attached hydrogen (secondary N) is 1. The van der Waals surface area contributed by atoms with Crippen LogP contribution in [0.4, 0.5) is 10.5 Å². The van der Waals surface area contributed by atoms with Gasteiger partial charge in [0, 0.05) is 45.6 Å². The fraction of sp³-hybridized carbons (Fsp3) is 0.500. The van der Waals surface area contributed by atoms with Gasteiger partial charge < -0.3 is 4.74 Å². The number of hydrogen-bond acceptors (Lipinski definition) is 4. The normalized spacial score (nSPS) is 21.9. The van der Waals surface area contributed by atoms with Crippen LogP contribution in [-0.4, -0.2) is 43.3 Å². The summed E-state index contributed by atoms with van der Waals surface area (Å²) >= 11 is 0. The van der Waals surface area contributed by atoms with Crippen molar-refractivity contribution in [2.24, 2.45) is 0 Å². The zero-order valence-corrected chi connectivity index (χ0v) is 11.3. The summed E-state index contributed by atoms with van der Waals surface area (Å²) in [6.45, 7) is 1.79. The molecule has 2 heterocycles. The molecule has 0 bridgehead atoms. The van der Waals surface area contributed by atoms with Crippen LogP contribution in [0.1, 0.15) is 18.4 Å². The highest BCUT2D eigenvalue weighted by Gasteiger charge is 2.44. The molecule has 0 atom stereocenters. The molecule has 0 saturated carbocycles. The van der Waals surface area contributed by atoms with Crippen molar-refractivity contribution < 1.29 is 9.53 Å². The Labute approximate surface area is 113 Å². The quantitative estimate of drug-likeness (QED) is 0.840. The second-order valence-corrected chi connectivity index (χ2v) is 5.36. The molecule has 0 aromatic heterocycles. The lowest BCUT2D eigenvalue weighted by molar-refractivity contribution is -0.0864. The van der Waals surface area contributed by atoms with Crippen molar-refractivity contribution in [1.82, 2.24) is 10.0 Å². The number of carbonyl (C=O) groups excluding carboxylic acids is 1. The molecule has 19 heavy (non-hydrogen) atoms. The highest BCUT2D eigenvalue weighted by atomic mass is 16.6. The van der Waals surface area contributed by atoms with Gasteiger partial charge in [-0.05, 0) is 6.07 Å². The number of piperidine rings is 1. The summed E-state index contributed by atoms with van der Waals surface area (Å²) < 4.78 is 5.67. The highest BCUT2D eigenvalue weighted by molar-refractivity contribution is 5.88. The number of nitrogens with zero attached hydrogens (tertiary/aromatic N) is 2. The van der Waals surface area contributed by atoms with Crippen LogP contribution in [0.25, 0.3) is 0 Å². The van der Waals surface area contributed by atoms with E-state index in [1.165, 1.54) is 0 Å². The molecule has 1 aromatic rings. The minimum Gasteiger partial charge on any atom is -0.438 e. The van der Waals surface area contributed by atoms with E-state index in [4.69, 9.17) is 4.74 Å². The standard InChI is InChI=1S/C14H19N3O2/c1-16(2)17-9-7-14(8-10-17)11-5-3-4-6-12(11)15-13(18)19-14/h3-6H,7-10H2,1-2H3,(H,15,18). The van der Waals surface area contributed by atoms with Gasteiger partial charge in [0.05, 0.1) is 5.69 Å². The molecule has 1 saturated heterocycles. The van der Waals surface area contributed by atoms with Crippen molar-refractivity contribution in [3.63, 3.8) is 0 Å². The zero-order valence-electron chi connectivity index (χ0n) is 11.3. The second kappa shape index (κ2) is 4.51. The van der Waals surface area contributed by atoms with E-state index in [9.17, 15) is 4.79 Å². The van der Waals surface area contributed by atoms with Crippen LogP contribution in [0, 0.1) is 0 Å². The van der Waals surface area contributed by atoms with E-state index in [2.05, 4.69) is 21.4 Å². The number of anilines is 1. The van der Waals surface area contributed by atoms with Gasteiger partial charge in [0.15, 0.2) is 0 Å². The molecule has 5 nitrogen and oxygen atoms in total. The first-order valence-corrected chi connectivity index (χ1v) is 6.62. The largest absolute Gasteiger partial charge is 0.438 e. The van der Waals surface area contributed by atoms with Crippen molar-refractivity contribution in [3.8, 4) is 0 Å². The van der Waals surface area contributed by atoms with Gasteiger partial charge in [0.2, 0.25) is 0 Å². The van der Waals surface area contributed by atoms with Crippen LogP contribution in [0.5, 0.6) is 0 Å². The first-order valence-electron chi connectivity index (χ1n) is 6.62. The number of fused-ring (bicyclic) bond motifs is 2. The van der Waals surface area contributed by atoms with Crippen LogP contribution in [-0.2, 0) is 10.3 Å². The summed E-state index contributed by atoms with van der Waals surface area (Å²) in [5.41, 5.74) is 1.54. The van der Waals surface area contributed by atoms with E-state index >= 15 is 0 Å². The van der Waals surface area contributed by atoms with Crippen LogP contribution >= 0.6 is 0 Å². The maximum Gasteiger partial charge on any atom is 0.412 e. The Morgan fingerprint density at radius 2 is 1.95 bits per heavy atom. The van der Waals surface area contributed by atoms with E-state index < -0.39 is 5.60 Å². The third-order valence-corrected chi connectivity index (χ3v) is 4.06. The first kappa shape index (κ1) is 12.4. The summed E-state index contributed by atoms with van der Waals surface area (Å²) in [6, 6.07) is 7.93. The molecule has 1 N–H and O–H groups in total. The molecular formula is C14H19N3O2. The topological polar surface area (TPSA) is 44.8 Å². The van der Waals surface area contributed by atoms with Crippen molar-refractivity contribution in [3.05, 3.63) is 29.8 Å². The highest BCUT2D eigenvalue weighted by Crippen LogP contribution is 2.43. The molecule has 1 fully saturated rings. The fourth-order valence-electron chi connectivity index (χ4n) is 2.98. The Balaban J connectivity index is 1.91. The van der Waals surface area contributed by atoms with Crippen molar-refractivity contribution >= 4 is 11.8 Å². The van der Waals surface area contributed by atoms with Crippen LogP contribution < -0.4 is 5.32 Å². The molecule has 0 aliphatic carbocycles. The lowest BCUT2D eigenvalue weighted by Crippen LogP contribution is -2.51. The van der Waals surface area contributed by atoms with Crippen molar-refractivity contribution in [2.45, 2.75) is 18.4 Å². The smallest absolute Gasteiger partial charge is 0.412 e. The molecule has 5 heteroatoms. The fourth-order valence-corrected chi connectivity index (χ4v) is 2.98. The summed E-state index contributed by atoms with van der Waals surface area (Å²) in [6.07, 6.45) is 1.32. The molecule has 2 aliphatic rings. The number of hydrogen-bond donors (Lipinski definition) is 1. The third-order valence-electron chi connectivity index (χ3n) is 4.06. The number of ether oxygens (including phenoxy) is 1. The van der Waals surface area contributed by atoms with E-state index in [-0.39, 0.29) is 6.09 Å². The number of hydrazine groups is 1. The average molecular weight is 261 g/mol. The average Bonchev–Trinajstić information content (AvgIpc) is 2.39. The van der Waals surface area contributed by atoms with E-state index in [1.54, 1.807) is 0 Å². The maximum absolute atomic E-state index is 11.8. The number of para-hydroxylation sites is 1. The molecule has 102 valence electrons. The summed E-state index contributed by atoms with van der Waals surface area (Å²) in [4.78, 5) is 11.8. The molecule has 1 spiro atoms. The lowest BCUT2D eigenvalue weighted by Gasteiger charge is -2.45. The van der Waals surface area contributed by atoms with E-state index in [0.717, 1.165) is 37.2 Å². The Morgan fingerprint density at radius 1 is 1.26 bits per heavy atom. The molecule has 1 aromatic carbocycles. The maximum atomic E-state index is 11.8. The monoisotopic (exact) mass is 261 g/mol. The van der Waals surface area contributed by atoms with Gasteiger partial charge >= 0.3 is 6.09 Å². The first-order chi connectivity index (χ1) is 9.11. The third kappa shape index (κ3) is 2.09. The molecule has 2 aliphatic heterocycles. The number of carbonyl (C=O) groups is 1. The Morgan fingerprint density at radius 3 is 2.63 bits per heavy atom. The van der Waals surface area contributed by atoms with Crippen LogP contribution in [0.2, 0.25) is 0 Å². The van der Waals surface area contributed by atoms with Crippen molar-refractivity contribution in [2.75, 3.05) is 32.5 Å². The Hall–Kier alpha value is -1.59. The van der Waals surface area contributed by atoms with Gasteiger partial charge in [-0.15, -0.1) is 0 Å². The summed E-state index contributed by atoms with van der Waals surface area (Å²) in [7, 11) is 4.08. The summed E-state index contributed by atoms with van der Waals surface area (Å²) in [5.74, 6) is 0. The van der Waals surface area contributed by atoms with Crippen molar-refractivity contribution in [1.29, 1.82) is 0 Å². The number of amides is 1. The molecular weight excluding hydrogens is 242 g/mol. The van der Waals surface area contributed by atoms with E-state index in [1.807, 2.05) is 32.3 Å². The van der Waals surface area contributed by atoms with Gasteiger partial charge in [-0.1, -0.05) is 18.2 Å². The summed E-state index contributed by atoms with van der Waals surface area (Å²) in [5, 5.41) is 7.15. The number of benzene rings is 1. The molecule has 3 rings (SSSR count). The molecule has 1 amide bonds. The minimum absolute atomic E-state index is 0.336. The van der Waals surface area contributed by atoms with Gasteiger partial charge in [-0.2, -0.15) is 0 Å². The van der Waals surface area contributed by atoms with Gasteiger partial charge in [0.1, 0.15) is 5.60 Å². The lowest BCUT2D eigenvalue weighted by atomic mass is 9.82. The van der Waals surface area contributed by atoms with Gasteiger partial charge in [0.25, 0.3) is 0 Å². The number of rotatable bonds is 1. The van der Waals surface area contributed by atoms with Gasteiger partial charge in [-0.25, -0.2) is 14.8 Å². The van der Waals surface area contributed by atoms with Crippen LogP contribution in [0.15, 0.2) is 24.3 Å². The second-order valence-electron chi connectivity index (χ2n) is 5.36.